The van der Waals surface area contributed by atoms with Crippen LogP contribution >= 0.6 is 50.7 Å². The summed E-state index contributed by atoms with van der Waals surface area (Å²) in [6, 6.07) is 34.4. The van der Waals surface area contributed by atoms with Crippen LogP contribution < -0.4 is 46.7 Å². The number of hydrogen-bond acceptors (Lipinski definition) is 21. The summed E-state index contributed by atoms with van der Waals surface area (Å²) in [5, 5.41) is 40.1. The first-order valence-electron chi connectivity index (χ1n) is 32.4. The minimum Gasteiger partial charge on any atom is -0.508 e. The van der Waals surface area contributed by atoms with Gasteiger partial charge in [0.25, 0.3) is 23.6 Å². The third-order valence-corrected chi connectivity index (χ3v) is 19.1. The van der Waals surface area contributed by atoms with Crippen LogP contribution in [0.3, 0.4) is 0 Å². The fourth-order valence-electron chi connectivity index (χ4n) is 10.7. The summed E-state index contributed by atoms with van der Waals surface area (Å²) in [5.74, 6) is 0.271. The molecule has 3 aromatic heterocycles. The van der Waals surface area contributed by atoms with Gasteiger partial charge in [-0.25, -0.2) is 43.0 Å². The highest BCUT2D eigenvalue weighted by molar-refractivity contribution is 9.10. The molecule has 12 rings (SSSR count). The summed E-state index contributed by atoms with van der Waals surface area (Å²) in [6.07, 6.45) is 16.1. The predicted molar refractivity (Wildman–Crippen MR) is 395 cm³/mol. The Morgan fingerprint density at radius 1 is 0.465 bits per heavy atom. The highest BCUT2D eigenvalue weighted by atomic mass is 79.9. The highest BCUT2D eigenvalue weighted by Gasteiger charge is 2.20. The molecule has 10 N–H and O–H groups in total. The number of carbonyl (C=O) groups is 4. The van der Waals surface area contributed by atoms with Crippen LogP contribution in [0.5, 0.6) is 17.2 Å². The molecule has 3 aliphatic rings. The number of amides is 4. The zero-order valence-electron chi connectivity index (χ0n) is 54.5. The van der Waals surface area contributed by atoms with E-state index in [2.05, 4.69) is 102 Å². The number of sulfonamides is 1. The van der Waals surface area contributed by atoms with E-state index in [-0.39, 0.29) is 54.4 Å². The number of benzene rings is 6. The van der Waals surface area contributed by atoms with Crippen LogP contribution in [0.2, 0.25) is 15.1 Å². The molecule has 3 aliphatic heterocycles. The number of anilines is 9. The number of likely N-dealkylation sites (tertiary alicyclic amines) is 3. The van der Waals surface area contributed by atoms with Crippen LogP contribution in [0, 0.1) is 0 Å². The molecule has 0 unspecified atom stereocenters. The van der Waals surface area contributed by atoms with E-state index in [1.54, 1.807) is 60.7 Å². The lowest BCUT2D eigenvalue weighted by molar-refractivity contribution is 0.0947. The van der Waals surface area contributed by atoms with E-state index < -0.39 is 27.7 Å². The second-order valence-corrected chi connectivity index (χ2v) is 27.2. The van der Waals surface area contributed by atoms with Crippen LogP contribution in [-0.2, 0) is 10.0 Å². The molecular weight excluding hydrogens is 1440 g/mol. The van der Waals surface area contributed by atoms with Crippen molar-refractivity contribution in [3.05, 3.63) is 206 Å². The van der Waals surface area contributed by atoms with Gasteiger partial charge in [0.2, 0.25) is 27.9 Å². The Labute approximate surface area is 607 Å². The van der Waals surface area contributed by atoms with Crippen LogP contribution in [-0.4, -0.2) is 165 Å². The Balaban J connectivity index is 0.000000164. The van der Waals surface area contributed by atoms with E-state index in [1.165, 1.54) is 105 Å². The Bertz CT molecular complexity index is 4370. The van der Waals surface area contributed by atoms with Crippen LogP contribution in [0.25, 0.3) is 0 Å². The van der Waals surface area contributed by atoms with Crippen molar-refractivity contribution in [2.75, 3.05) is 110 Å². The molecule has 0 atom stereocenters. The summed E-state index contributed by atoms with van der Waals surface area (Å²) in [7, 11) is -3.59. The third-order valence-electron chi connectivity index (χ3n) is 15.9. The second kappa shape index (κ2) is 36.6. The number of aromatic hydroxyl groups is 2. The van der Waals surface area contributed by atoms with Gasteiger partial charge in [-0.2, -0.15) is 0 Å². The second-order valence-electron chi connectivity index (χ2n) is 23.3. The molecule has 6 heterocycles. The maximum atomic E-state index is 12.5. The number of hydrogen-bond donors (Lipinski definition) is 10. The zero-order valence-corrected chi connectivity index (χ0v) is 59.2. The van der Waals surface area contributed by atoms with E-state index in [0.717, 1.165) is 82.3 Å². The summed E-state index contributed by atoms with van der Waals surface area (Å²) in [6.45, 7) is 10.8. The number of aromatic nitrogens is 6. The van der Waals surface area contributed by atoms with Gasteiger partial charge in [0.1, 0.15) is 23.9 Å². The molecule has 3 fully saturated rings. The third kappa shape index (κ3) is 22.7. The largest absolute Gasteiger partial charge is 0.508 e. The smallest absolute Gasteiger partial charge is 0.258 e. The minimum absolute atomic E-state index is 0.00488. The topological polar surface area (TPSA) is 335 Å². The van der Waals surface area contributed by atoms with Gasteiger partial charge in [0.05, 0.1) is 90.9 Å². The lowest BCUT2D eigenvalue weighted by Gasteiger charge is -2.15. The summed E-state index contributed by atoms with van der Waals surface area (Å²) < 4.78 is 34.1. The number of rotatable bonds is 25. The van der Waals surface area contributed by atoms with E-state index in [4.69, 9.17) is 39.5 Å². The van der Waals surface area contributed by atoms with E-state index in [1.807, 2.05) is 24.3 Å². The average Bonchev–Trinajstić information content (AvgIpc) is 1.45. The summed E-state index contributed by atoms with van der Waals surface area (Å²) >= 11 is 21.5. The lowest BCUT2D eigenvalue weighted by Crippen LogP contribution is -2.33. The van der Waals surface area contributed by atoms with Crippen molar-refractivity contribution in [2.24, 2.45) is 0 Å². The molecule has 0 aliphatic carbocycles. The van der Waals surface area contributed by atoms with Crippen molar-refractivity contribution in [1.29, 1.82) is 0 Å². The molecule has 526 valence electrons. The molecule has 0 bridgehead atoms. The highest BCUT2D eigenvalue weighted by Crippen LogP contribution is 2.29. The number of phenolic OH excluding ortho intramolecular Hbond substituents is 2. The number of carbonyl (C=O) groups excluding carboxylic acids is 4. The molecule has 0 radical (unpaired) electrons. The van der Waals surface area contributed by atoms with E-state index >= 15 is 0 Å². The first-order chi connectivity index (χ1) is 48.9. The number of nitrogens with one attached hydrogen (secondary N) is 8. The summed E-state index contributed by atoms with van der Waals surface area (Å²) in [4.78, 5) is 82.0. The van der Waals surface area contributed by atoms with E-state index in [9.17, 15) is 37.8 Å². The van der Waals surface area contributed by atoms with Crippen molar-refractivity contribution in [2.45, 2.75) is 43.4 Å². The van der Waals surface area contributed by atoms with Crippen molar-refractivity contribution < 1.29 is 42.5 Å². The van der Waals surface area contributed by atoms with Gasteiger partial charge in [0.15, 0.2) is 0 Å². The molecule has 0 saturated carbocycles. The van der Waals surface area contributed by atoms with Gasteiger partial charge in [-0.05, 0) is 203 Å². The predicted octanol–water partition coefficient (Wildman–Crippen LogP) is 12.2. The van der Waals surface area contributed by atoms with Gasteiger partial charge in [-0.15, -0.1) is 0 Å². The van der Waals surface area contributed by atoms with Crippen LogP contribution in [0.1, 0.15) is 80.0 Å². The Morgan fingerprint density at radius 3 is 1.45 bits per heavy atom. The molecule has 31 heteroatoms. The number of phenols is 2. The fourth-order valence-corrected chi connectivity index (χ4v) is 12.9. The first kappa shape index (κ1) is 74.1. The van der Waals surface area contributed by atoms with Gasteiger partial charge in [-0.1, -0.05) is 46.9 Å². The van der Waals surface area contributed by atoms with Crippen molar-refractivity contribution >= 4 is 136 Å². The van der Waals surface area contributed by atoms with Gasteiger partial charge in [-0.3, -0.25) is 24.1 Å². The number of halogens is 4. The van der Waals surface area contributed by atoms with Gasteiger partial charge in [0, 0.05) is 65.9 Å². The normalized spacial score (nSPS) is 13.7. The SMILES string of the molecule is O=C(NCCN1CCCC1)c1ccc(Nc2ncc(NC(=O)c3cc(O)ccc3Br)cn2)cc1.O=C(Nc1cnc(Nc2ccc(S(=O)(=O)NCCN3CCCC3)cc2)nc1)c1cc(O)ccc1Cl.O=C(Nc1cnc(Nc2cccc(OCCN3CCCC3)c2)nc1)c1c(Cl)cccc1Cl. The summed E-state index contributed by atoms with van der Waals surface area (Å²) in [5.41, 5.74) is 4.52. The van der Waals surface area contributed by atoms with Crippen molar-refractivity contribution in [3.63, 3.8) is 0 Å². The van der Waals surface area contributed by atoms with E-state index in [0.29, 0.717) is 76.5 Å². The minimum atomic E-state index is -3.59. The van der Waals surface area contributed by atoms with Crippen LogP contribution in [0.15, 0.2) is 174 Å². The van der Waals surface area contributed by atoms with Gasteiger partial charge >= 0.3 is 0 Å². The lowest BCUT2D eigenvalue weighted by atomic mass is 10.2. The molecular formula is C70H73BrCl3N17O9S. The maximum absolute atomic E-state index is 12.5. The molecule has 101 heavy (non-hydrogen) atoms. The standard InChI is InChI=1S/C24H25BrN6O3.C23H23Cl2N5O2.C23H25ClN6O4S/c25-21-8-7-19(32)13-20(21)23(34)29-18-14-27-24(28-15-18)30-17-5-3-16(4-6-17)22(33)26-9-12-31-10-1-2-11-31;24-19-7-4-8-20(25)21(19)22(31)28-17-14-26-23(27-15-17)29-16-5-3-6-18(13-16)32-12-11-30-9-1-2-10-30;24-21-8-5-18(31)13-20(21)22(32)28-17-14-25-23(26-15-17)29-16-3-6-19(7-4-16)35(33,34)27-9-12-30-10-1-2-11-30/h3-8,13-15,32H,1-2,9-12H2,(H,26,33)(H,29,34)(H,27,28,30);3-8,13-15H,1-2,9-12H2,(H,28,31)(H,26,27,29);3-8,13-15,27,31H,1-2,9-12H2,(H,28,32)(H,25,26,29). The fraction of sp³-hybridized carbons (Fsp3) is 0.257. The zero-order chi connectivity index (χ0) is 71.1. The molecule has 3 saturated heterocycles. The Morgan fingerprint density at radius 2 is 0.911 bits per heavy atom. The van der Waals surface area contributed by atoms with Crippen molar-refractivity contribution in [3.8, 4) is 17.2 Å². The first-order valence-corrected chi connectivity index (χ1v) is 35.8. The molecule has 6 aromatic carbocycles. The van der Waals surface area contributed by atoms with Gasteiger partial charge < -0.3 is 62.0 Å². The molecule has 9 aromatic rings. The molecule has 26 nitrogen and oxygen atoms in total. The Hall–Kier alpha value is -9.62. The Kier molecular flexibility index (Phi) is 26.9. The number of ether oxygens (including phenoxy) is 1. The quantitative estimate of drug-likeness (QED) is 0.0254. The average molecular weight is 1510 g/mol. The molecule has 4 amide bonds. The number of nitrogens with zero attached hydrogens (tertiary/aromatic N) is 9. The maximum Gasteiger partial charge on any atom is 0.258 e. The monoisotopic (exact) mass is 1510 g/mol. The molecule has 0 spiro atoms. The van der Waals surface area contributed by atoms with Crippen LogP contribution in [0.4, 0.5) is 52.0 Å². The van der Waals surface area contributed by atoms with Crippen molar-refractivity contribution in [1.82, 2.24) is 54.6 Å².